The molecule has 0 radical (unpaired) electrons. The van der Waals surface area contributed by atoms with Gasteiger partial charge in [0.2, 0.25) is 0 Å². The van der Waals surface area contributed by atoms with Crippen molar-refractivity contribution in [2.75, 3.05) is 19.8 Å². The Kier molecular flexibility index (Phi) is 4.46. The van der Waals surface area contributed by atoms with Gasteiger partial charge < -0.3 is 14.8 Å². The average molecular weight is 275 g/mol. The van der Waals surface area contributed by atoms with E-state index in [1.807, 2.05) is 0 Å². The highest BCUT2D eigenvalue weighted by Crippen LogP contribution is 2.37. The summed E-state index contributed by atoms with van der Waals surface area (Å²) in [5, 5.41) is 3.63. The minimum Gasteiger partial charge on any atom is -0.486 e. The second-order valence-electron chi connectivity index (χ2n) is 5.87. The molecule has 1 saturated carbocycles. The summed E-state index contributed by atoms with van der Waals surface area (Å²) in [5.41, 5.74) is 1.42. The Labute approximate surface area is 121 Å². The third kappa shape index (κ3) is 3.09. The Morgan fingerprint density at radius 2 is 1.90 bits per heavy atom. The number of hydrogen-bond donors (Lipinski definition) is 1. The highest BCUT2D eigenvalue weighted by atomic mass is 16.6. The third-order valence-electron chi connectivity index (χ3n) is 4.45. The Hall–Kier alpha value is -1.22. The van der Waals surface area contributed by atoms with Crippen molar-refractivity contribution < 1.29 is 9.47 Å². The second-order valence-corrected chi connectivity index (χ2v) is 5.87. The quantitative estimate of drug-likeness (QED) is 0.857. The molecular formula is C17H25NO2. The molecule has 110 valence electrons. The minimum absolute atomic E-state index is 0.650. The molecule has 1 aromatic carbocycles. The van der Waals surface area contributed by atoms with Gasteiger partial charge in [-0.05, 0) is 49.4 Å². The van der Waals surface area contributed by atoms with E-state index in [0.717, 1.165) is 18.0 Å². The second kappa shape index (κ2) is 6.49. The van der Waals surface area contributed by atoms with Crippen molar-refractivity contribution >= 4 is 0 Å². The van der Waals surface area contributed by atoms with E-state index in [-0.39, 0.29) is 0 Å². The molecule has 0 aromatic heterocycles. The van der Waals surface area contributed by atoms with Crippen LogP contribution in [0.3, 0.4) is 0 Å². The van der Waals surface area contributed by atoms with Gasteiger partial charge in [0.05, 0.1) is 0 Å². The van der Waals surface area contributed by atoms with Crippen LogP contribution in [0.5, 0.6) is 11.5 Å². The van der Waals surface area contributed by atoms with Crippen LogP contribution in [0.2, 0.25) is 0 Å². The standard InChI is InChI=1S/C17H25NO2/c1-2-18-15-6-4-3-5-13(11-15)14-7-8-16-17(12-14)20-10-9-19-16/h7-8,12-13,15,18H,2-6,9-11H2,1H3. The van der Waals surface area contributed by atoms with Crippen LogP contribution < -0.4 is 14.8 Å². The summed E-state index contributed by atoms with van der Waals surface area (Å²) in [6.45, 7) is 4.60. The van der Waals surface area contributed by atoms with Crippen LogP contribution in [-0.4, -0.2) is 25.8 Å². The SMILES string of the molecule is CCNC1CCCCC(c2ccc3c(c2)OCCO3)C1. The fraction of sp³-hybridized carbons (Fsp3) is 0.647. The molecule has 3 rings (SSSR count). The first kappa shape index (κ1) is 13.7. The van der Waals surface area contributed by atoms with E-state index < -0.39 is 0 Å². The summed E-state index contributed by atoms with van der Waals surface area (Å²) < 4.78 is 11.3. The number of nitrogens with one attached hydrogen (secondary N) is 1. The molecule has 0 spiro atoms. The molecular weight excluding hydrogens is 250 g/mol. The highest BCUT2D eigenvalue weighted by Gasteiger charge is 2.22. The largest absolute Gasteiger partial charge is 0.486 e. The van der Waals surface area contributed by atoms with E-state index in [4.69, 9.17) is 9.47 Å². The number of benzene rings is 1. The first-order valence-electron chi connectivity index (χ1n) is 7.99. The van der Waals surface area contributed by atoms with Crippen molar-refractivity contribution in [1.29, 1.82) is 0 Å². The van der Waals surface area contributed by atoms with E-state index in [2.05, 4.69) is 30.4 Å². The highest BCUT2D eigenvalue weighted by molar-refractivity contribution is 5.44. The molecule has 1 aliphatic carbocycles. The molecule has 1 fully saturated rings. The zero-order valence-electron chi connectivity index (χ0n) is 12.4. The molecule has 3 heteroatoms. The molecule has 2 unspecified atom stereocenters. The number of hydrogen-bond acceptors (Lipinski definition) is 3. The fourth-order valence-electron chi connectivity index (χ4n) is 3.45. The van der Waals surface area contributed by atoms with Gasteiger partial charge in [0.15, 0.2) is 11.5 Å². The molecule has 0 amide bonds. The van der Waals surface area contributed by atoms with Gasteiger partial charge in [-0.25, -0.2) is 0 Å². The molecule has 2 aliphatic rings. The third-order valence-corrected chi connectivity index (χ3v) is 4.45. The van der Waals surface area contributed by atoms with Crippen molar-refractivity contribution in [2.24, 2.45) is 0 Å². The molecule has 1 heterocycles. The first-order chi connectivity index (χ1) is 9.86. The zero-order chi connectivity index (χ0) is 13.8. The van der Waals surface area contributed by atoms with E-state index in [9.17, 15) is 0 Å². The van der Waals surface area contributed by atoms with Gasteiger partial charge in [0, 0.05) is 6.04 Å². The van der Waals surface area contributed by atoms with Crippen LogP contribution >= 0.6 is 0 Å². The molecule has 1 aromatic rings. The Morgan fingerprint density at radius 1 is 1.10 bits per heavy atom. The summed E-state index contributed by atoms with van der Waals surface area (Å²) in [6, 6.07) is 7.18. The maximum atomic E-state index is 5.72. The van der Waals surface area contributed by atoms with E-state index >= 15 is 0 Å². The fourth-order valence-corrected chi connectivity index (χ4v) is 3.45. The minimum atomic E-state index is 0.650. The molecule has 3 nitrogen and oxygen atoms in total. The van der Waals surface area contributed by atoms with Crippen LogP contribution in [0, 0.1) is 0 Å². The molecule has 1 N–H and O–H groups in total. The van der Waals surface area contributed by atoms with Crippen LogP contribution in [0.15, 0.2) is 18.2 Å². The molecule has 0 saturated heterocycles. The van der Waals surface area contributed by atoms with Crippen molar-refractivity contribution in [3.8, 4) is 11.5 Å². The smallest absolute Gasteiger partial charge is 0.161 e. The normalized spacial score (nSPS) is 26.1. The predicted octanol–water partition coefficient (Wildman–Crippen LogP) is 3.48. The Morgan fingerprint density at radius 3 is 2.75 bits per heavy atom. The van der Waals surface area contributed by atoms with Crippen LogP contribution in [0.25, 0.3) is 0 Å². The van der Waals surface area contributed by atoms with Crippen LogP contribution in [-0.2, 0) is 0 Å². The van der Waals surface area contributed by atoms with Gasteiger partial charge in [-0.3, -0.25) is 0 Å². The Balaban J connectivity index is 1.76. The van der Waals surface area contributed by atoms with Crippen molar-refractivity contribution in [3.05, 3.63) is 23.8 Å². The van der Waals surface area contributed by atoms with Crippen LogP contribution in [0.4, 0.5) is 0 Å². The summed E-state index contributed by atoms with van der Waals surface area (Å²) >= 11 is 0. The first-order valence-corrected chi connectivity index (χ1v) is 7.99. The van der Waals surface area contributed by atoms with Crippen molar-refractivity contribution in [3.63, 3.8) is 0 Å². The Bertz CT molecular complexity index is 447. The average Bonchev–Trinajstić information content (AvgIpc) is 2.73. The lowest BCUT2D eigenvalue weighted by atomic mass is 9.90. The van der Waals surface area contributed by atoms with Gasteiger partial charge in [0.1, 0.15) is 13.2 Å². The summed E-state index contributed by atoms with van der Waals surface area (Å²) in [6.07, 6.45) is 6.53. The molecule has 0 bridgehead atoms. The van der Waals surface area contributed by atoms with E-state index in [1.54, 1.807) is 0 Å². The lowest BCUT2D eigenvalue weighted by Crippen LogP contribution is -2.29. The predicted molar refractivity (Wildman–Crippen MR) is 80.7 cm³/mol. The summed E-state index contributed by atoms with van der Waals surface area (Å²) in [4.78, 5) is 0. The van der Waals surface area contributed by atoms with Crippen molar-refractivity contribution in [2.45, 2.75) is 51.0 Å². The number of rotatable bonds is 3. The lowest BCUT2D eigenvalue weighted by molar-refractivity contribution is 0.171. The maximum Gasteiger partial charge on any atom is 0.161 e. The summed E-state index contributed by atoms with van der Waals surface area (Å²) in [5.74, 6) is 2.48. The molecule has 1 aliphatic heterocycles. The van der Waals surface area contributed by atoms with E-state index in [0.29, 0.717) is 25.2 Å². The van der Waals surface area contributed by atoms with E-state index in [1.165, 1.54) is 37.7 Å². The topological polar surface area (TPSA) is 30.5 Å². The van der Waals surface area contributed by atoms with Crippen LogP contribution in [0.1, 0.15) is 50.5 Å². The number of fused-ring (bicyclic) bond motifs is 1. The maximum absolute atomic E-state index is 5.72. The van der Waals surface area contributed by atoms with Gasteiger partial charge in [-0.2, -0.15) is 0 Å². The van der Waals surface area contributed by atoms with Gasteiger partial charge >= 0.3 is 0 Å². The van der Waals surface area contributed by atoms with Crippen molar-refractivity contribution in [1.82, 2.24) is 5.32 Å². The van der Waals surface area contributed by atoms with Gasteiger partial charge in [0.25, 0.3) is 0 Å². The summed E-state index contributed by atoms with van der Waals surface area (Å²) in [7, 11) is 0. The molecule has 2 atom stereocenters. The molecule has 20 heavy (non-hydrogen) atoms. The van der Waals surface area contributed by atoms with Gasteiger partial charge in [-0.1, -0.05) is 25.8 Å². The van der Waals surface area contributed by atoms with Gasteiger partial charge in [-0.15, -0.1) is 0 Å². The lowest BCUT2D eigenvalue weighted by Gasteiger charge is -2.23. The zero-order valence-corrected chi connectivity index (χ0v) is 12.4. The monoisotopic (exact) mass is 275 g/mol. The number of ether oxygens (including phenoxy) is 2.